The Kier molecular flexibility index (Phi) is 5.10. The van der Waals surface area contributed by atoms with Crippen molar-refractivity contribution in [3.63, 3.8) is 0 Å². The first-order valence-corrected chi connectivity index (χ1v) is 8.62. The van der Waals surface area contributed by atoms with Gasteiger partial charge in [0.25, 0.3) is 0 Å². The summed E-state index contributed by atoms with van der Waals surface area (Å²) in [7, 11) is 0. The van der Waals surface area contributed by atoms with Crippen molar-refractivity contribution in [2.24, 2.45) is 0 Å². The Labute approximate surface area is 172 Å². The highest BCUT2D eigenvalue weighted by atomic mass is 19.2. The van der Waals surface area contributed by atoms with Gasteiger partial charge in [0, 0.05) is 0 Å². The normalized spacial score (nSPS) is 11.4. The first-order chi connectivity index (χ1) is 15.0. The molecule has 32 heavy (non-hydrogen) atoms. The smallest absolute Gasteiger partial charge is 0.200 e. The zero-order valence-corrected chi connectivity index (χ0v) is 15.2. The molecule has 0 saturated heterocycles. The second kappa shape index (κ2) is 7.54. The molecular weight excluding hydrogens is 454 g/mol. The number of rotatable bonds is 2. The third-order valence-electron chi connectivity index (χ3n) is 4.84. The lowest BCUT2D eigenvalue weighted by Crippen LogP contribution is -2.04. The number of hydrogen-bond donors (Lipinski definition) is 0. The molecule has 0 atom stereocenters. The highest BCUT2D eigenvalue weighted by molar-refractivity contribution is 5.91. The lowest BCUT2D eigenvalue weighted by atomic mass is 9.96. The molecule has 0 fully saturated rings. The molecule has 0 aliphatic carbocycles. The molecule has 4 aromatic rings. The van der Waals surface area contributed by atoms with Crippen LogP contribution in [0.25, 0.3) is 33.0 Å². The zero-order valence-electron chi connectivity index (χ0n) is 15.2. The minimum absolute atomic E-state index is 0.0344. The summed E-state index contributed by atoms with van der Waals surface area (Å²) < 4.78 is 137. The van der Waals surface area contributed by atoms with Crippen LogP contribution in [0.15, 0.2) is 36.4 Å². The van der Waals surface area contributed by atoms with E-state index in [0.717, 1.165) is 24.3 Å². The average Bonchev–Trinajstić information content (AvgIpc) is 2.79. The maximum absolute atomic E-state index is 14.1. The quantitative estimate of drug-likeness (QED) is 0.165. The van der Waals surface area contributed by atoms with Crippen LogP contribution in [0.3, 0.4) is 0 Å². The molecule has 4 rings (SSSR count). The van der Waals surface area contributed by atoms with E-state index in [0.29, 0.717) is 0 Å². The van der Waals surface area contributed by atoms with Crippen LogP contribution >= 0.6 is 0 Å². The molecule has 0 aliphatic heterocycles. The van der Waals surface area contributed by atoms with Crippen molar-refractivity contribution in [3.05, 3.63) is 94.6 Å². The molecule has 0 spiro atoms. The molecule has 164 valence electrons. The van der Waals surface area contributed by atoms with Crippen LogP contribution in [-0.2, 0) is 0 Å². The van der Waals surface area contributed by atoms with Gasteiger partial charge in [-0.15, -0.1) is 0 Å². The van der Waals surface area contributed by atoms with Gasteiger partial charge in [0.1, 0.15) is 0 Å². The van der Waals surface area contributed by atoms with Crippen molar-refractivity contribution in [1.82, 2.24) is 0 Å². The average molecular weight is 460 g/mol. The summed E-state index contributed by atoms with van der Waals surface area (Å²) in [4.78, 5) is 0. The SMILES string of the molecule is Fc1c(F)c(F)c(-c2ccc3ccc(-c4c(F)c(F)c(F)c(F)c4F)cc3c2)c(F)c1F. The zero-order chi connectivity index (χ0) is 23.5. The summed E-state index contributed by atoms with van der Waals surface area (Å²) in [5, 5.41) is 0.248. The maximum Gasteiger partial charge on any atom is 0.200 e. The van der Waals surface area contributed by atoms with E-state index in [1.165, 1.54) is 12.1 Å². The Morgan fingerprint density at radius 3 is 0.906 bits per heavy atom. The van der Waals surface area contributed by atoms with Crippen LogP contribution in [0, 0.1) is 58.2 Å². The number of hydrogen-bond acceptors (Lipinski definition) is 0. The van der Waals surface area contributed by atoms with E-state index in [1.807, 2.05) is 0 Å². The predicted molar refractivity (Wildman–Crippen MR) is 94.4 cm³/mol. The molecule has 4 aromatic carbocycles. The van der Waals surface area contributed by atoms with Crippen molar-refractivity contribution >= 4 is 10.8 Å². The van der Waals surface area contributed by atoms with Crippen LogP contribution in [0.2, 0.25) is 0 Å². The largest absolute Gasteiger partial charge is 0.203 e. The van der Waals surface area contributed by atoms with E-state index in [-0.39, 0.29) is 10.8 Å². The molecular formula is C22H6F10. The minimum atomic E-state index is -2.35. The number of halogens is 10. The molecule has 0 N–H and O–H groups in total. The fraction of sp³-hybridized carbons (Fsp3) is 0. The van der Waals surface area contributed by atoms with Crippen molar-refractivity contribution in [2.45, 2.75) is 0 Å². The summed E-state index contributed by atoms with van der Waals surface area (Å²) in [6.07, 6.45) is 0. The molecule has 0 aromatic heterocycles. The molecule has 0 bridgehead atoms. The third-order valence-corrected chi connectivity index (χ3v) is 4.84. The van der Waals surface area contributed by atoms with Gasteiger partial charge in [-0.2, -0.15) is 0 Å². The molecule has 0 unspecified atom stereocenters. The lowest BCUT2D eigenvalue weighted by Gasteiger charge is -2.11. The molecule has 0 radical (unpaired) electrons. The second-order valence-corrected chi connectivity index (χ2v) is 6.67. The summed E-state index contributed by atoms with van der Waals surface area (Å²) in [6.45, 7) is 0. The van der Waals surface area contributed by atoms with Gasteiger partial charge in [0.2, 0.25) is 11.6 Å². The van der Waals surface area contributed by atoms with Gasteiger partial charge in [0.15, 0.2) is 46.5 Å². The van der Waals surface area contributed by atoms with E-state index in [9.17, 15) is 43.9 Å². The van der Waals surface area contributed by atoms with Gasteiger partial charge < -0.3 is 0 Å². The van der Waals surface area contributed by atoms with Crippen molar-refractivity contribution in [2.75, 3.05) is 0 Å². The molecule has 0 saturated carbocycles. The fourth-order valence-corrected chi connectivity index (χ4v) is 3.27. The molecule has 10 heteroatoms. The maximum atomic E-state index is 14.1. The summed E-state index contributed by atoms with van der Waals surface area (Å²) in [5.74, 6) is -21.8. The Balaban J connectivity index is 1.96. The van der Waals surface area contributed by atoms with Crippen LogP contribution in [0.5, 0.6) is 0 Å². The Morgan fingerprint density at radius 1 is 0.312 bits per heavy atom. The highest BCUT2D eigenvalue weighted by Crippen LogP contribution is 2.36. The van der Waals surface area contributed by atoms with Gasteiger partial charge in [-0.3, -0.25) is 0 Å². The van der Waals surface area contributed by atoms with Gasteiger partial charge in [0.05, 0.1) is 11.1 Å². The standard InChI is InChI=1S/C22H6F10/c23-13-11(14(24)18(28)21(31)17(13)27)8-3-1-7-2-4-9(6-10(7)5-8)12-15(25)19(29)22(32)20(30)16(12)26/h1-6H. The predicted octanol–water partition coefficient (Wildman–Crippen LogP) is 7.56. The summed E-state index contributed by atoms with van der Waals surface area (Å²) in [5.41, 5.74) is -3.44. The van der Waals surface area contributed by atoms with Crippen LogP contribution in [-0.4, -0.2) is 0 Å². The first-order valence-electron chi connectivity index (χ1n) is 8.62. The molecule has 0 amide bonds. The number of benzene rings is 4. The topological polar surface area (TPSA) is 0 Å². The van der Waals surface area contributed by atoms with Crippen molar-refractivity contribution in [1.29, 1.82) is 0 Å². The van der Waals surface area contributed by atoms with E-state index in [1.54, 1.807) is 0 Å². The van der Waals surface area contributed by atoms with E-state index >= 15 is 0 Å². The third kappa shape index (κ3) is 3.09. The summed E-state index contributed by atoms with van der Waals surface area (Å²) in [6, 6.07) is 6.40. The second-order valence-electron chi connectivity index (χ2n) is 6.67. The van der Waals surface area contributed by atoms with Gasteiger partial charge >= 0.3 is 0 Å². The van der Waals surface area contributed by atoms with Crippen molar-refractivity contribution < 1.29 is 43.9 Å². The van der Waals surface area contributed by atoms with Crippen LogP contribution in [0.1, 0.15) is 0 Å². The molecule has 0 aliphatic rings. The van der Waals surface area contributed by atoms with Crippen LogP contribution < -0.4 is 0 Å². The lowest BCUT2D eigenvalue weighted by molar-refractivity contribution is 0.381. The first kappa shape index (κ1) is 21.7. The molecule has 0 nitrogen and oxygen atoms in total. The number of fused-ring (bicyclic) bond motifs is 1. The van der Waals surface area contributed by atoms with Gasteiger partial charge in [-0.05, 0) is 34.0 Å². The fourth-order valence-electron chi connectivity index (χ4n) is 3.27. The minimum Gasteiger partial charge on any atom is -0.203 e. The monoisotopic (exact) mass is 460 g/mol. The van der Waals surface area contributed by atoms with Gasteiger partial charge in [-0.1, -0.05) is 24.3 Å². The van der Waals surface area contributed by atoms with E-state index in [4.69, 9.17) is 0 Å². The van der Waals surface area contributed by atoms with E-state index < -0.39 is 80.4 Å². The van der Waals surface area contributed by atoms with Crippen LogP contribution in [0.4, 0.5) is 43.9 Å². The highest BCUT2D eigenvalue weighted by Gasteiger charge is 2.28. The van der Waals surface area contributed by atoms with E-state index in [2.05, 4.69) is 0 Å². The van der Waals surface area contributed by atoms with Crippen molar-refractivity contribution in [3.8, 4) is 22.3 Å². The molecule has 0 heterocycles. The Hall–Kier alpha value is -3.56. The van der Waals surface area contributed by atoms with Gasteiger partial charge in [-0.25, -0.2) is 43.9 Å². The summed E-state index contributed by atoms with van der Waals surface area (Å²) >= 11 is 0. The Bertz CT molecular complexity index is 1260. The Morgan fingerprint density at radius 2 is 0.594 bits per heavy atom.